The van der Waals surface area contributed by atoms with Crippen molar-refractivity contribution in [2.75, 3.05) is 5.32 Å². The Hall–Kier alpha value is -2.91. The summed E-state index contributed by atoms with van der Waals surface area (Å²) in [5.74, 6) is -2.63. The maximum atomic E-state index is 12.5. The average Bonchev–Trinajstić information content (AvgIpc) is 2.91. The maximum absolute atomic E-state index is 12.5. The summed E-state index contributed by atoms with van der Waals surface area (Å²) >= 11 is 0. The number of carboxylic acid groups (broad SMARTS) is 1. The highest BCUT2D eigenvalue weighted by Crippen LogP contribution is 2.32. The van der Waals surface area contributed by atoms with E-state index in [1.165, 1.54) is 0 Å². The molecule has 0 aliphatic rings. The molecule has 1 amide bonds. The molecule has 7 nitrogen and oxygen atoms in total. The number of nitrogens with one attached hydrogen (secondary N) is 2. The van der Waals surface area contributed by atoms with Gasteiger partial charge in [0.25, 0.3) is 5.91 Å². The summed E-state index contributed by atoms with van der Waals surface area (Å²) in [7, 11) is 0. The number of aromatic nitrogens is 3. The van der Waals surface area contributed by atoms with Gasteiger partial charge in [-0.3, -0.25) is 9.89 Å². The lowest BCUT2D eigenvalue weighted by atomic mass is 10.1. The number of amides is 1. The van der Waals surface area contributed by atoms with Crippen LogP contribution in [0.2, 0.25) is 0 Å². The number of aromatic amines is 1. The van der Waals surface area contributed by atoms with Gasteiger partial charge >= 0.3 is 12.1 Å². The number of benzene rings is 1. The molecule has 21 heavy (non-hydrogen) atoms. The fourth-order valence-corrected chi connectivity index (χ4v) is 1.50. The highest BCUT2D eigenvalue weighted by Gasteiger charge is 2.32. The van der Waals surface area contributed by atoms with Crippen molar-refractivity contribution in [2.45, 2.75) is 6.18 Å². The molecule has 0 atom stereocenters. The summed E-state index contributed by atoms with van der Waals surface area (Å²) in [6, 6.07) is 1.97. The minimum atomic E-state index is -4.68. The molecule has 2 rings (SSSR count). The quantitative estimate of drug-likeness (QED) is 0.800. The number of H-pyrrole nitrogens is 1. The van der Waals surface area contributed by atoms with Gasteiger partial charge < -0.3 is 10.4 Å². The van der Waals surface area contributed by atoms with E-state index in [1.54, 1.807) is 0 Å². The van der Waals surface area contributed by atoms with E-state index in [4.69, 9.17) is 5.11 Å². The molecule has 1 aromatic heterocycles. The summed E-state index contributed by atoms with van der Waals surface area (Å²) in [6.45, 7) is 0. The fraction of sp³-hybridized carbons (Fsp3) is 0.0909. The Morgan fingerprint density at radius 1 is 1.29 bits per heavy atom. The molecule has 1 heterocycles. The van der Waals surface area contributed by atoms with E-state index in [2.05, 4.69) is 20.5 Å². The Morgan fingerprint density at radius 2 is 2.00 bits per heavy atom. The monoisotopic (exact) mass is 300 g/mol. The number of halogens is 3. The van der Waals surface area contributed by atoms with E-state index in [9.17, 15) is 22.8 Å². The molecule has 1 aromatic carbocycles. The number of nitrogens with zero attached hydrogens (tertiary/aromatic N) is 2. The van der Waals surface area contributed by atoms with Crippen LogP contribution in [0.15, 0.2) is 24.5 Å². The predicted molar refractivity (Wildman–Crippen MR) is 62.7 cm³/mol. The Balaban J connectivity index is 2.35. The van der Waals surface area contributed by atoms with E-state index in [0.717, 1.165) is 12.4 Å². The number of carbonyl (C=O) groups is 2. The third kappa shape index (κ3) is 3.16. The highest BCUT2D eigenvalue weighted by molar-refractivity contribution is 6.05. The molecule has 2 aromatic rings. The lowest BCUT2D eigenvalue weighted by molar-refractivity contribution is -0.137. The molecule has 0 aliphatic heterocycles. The molecule has 0 radical (unpaired) electrons. The number of hydrogen-bond donors (Lipinski definition) is 3. The van der Waals surface area contributed by atoms with E-state index < -0.39 is 29.2 Å². The minimum Gasteiger partial charge on any atom is -0.478 e. The van der Waals surface area contributed by atoms with Gasteiger partial charge in [0.2, 0.25) is 5.82 Å². The van der Waals surface area contributed by atoms with Gasteiger partial charge in [-0.15, -0.1) is 0 Å². The SMILES string of the molecule is O=C(Nc1ccc(C(F)(F)F)cc1C(=O)O)c1ncn[nH]1. The molecule has 0 aliphatic carbocycles. The fourth-order valence-electron chi connectivity index (χ4n) is 1.50. The maximum Gasteiger partial charge on any atom is 0.416 e. The second-order valence-corrected chi connectivity index (χ2v) is 3.85. The molecule has 110 valence electrons. The van der Waals surface area contributed by atoms with Crippen molar-refractivity contribution in [3.63, 3.8) is 0 Å². The summed E-state index contributed by atoms with van der Waals surface area (Å²) in [5, 5.41) is 16.8. The number of anilines is 1. The van der Waals surface area contributed by atoms with Crippen LogP contribution in [-0.4, -0.2) is 32.2 Å². The Morgan fingerprint density at radius 3 is 2.52 bits per heavy atom. The van der Waals surface area contributed by atoms with Crippen molar-refractivity contribution in [1.29, 1.82) is 0 Å². The molecule has 0 saturated carbocycles. The lowest BCUT2D eigenvalue weighted by Crippen LogP contribution is -2.17. The van der Waals surface area contributed by atoms with Crippen molar-refractivity contribution < 1.29 is 27.9 Å². The van der Waals surface area contributed by atoms with Crippen LogP contribution in [0.3, 0.4) is 0 Å². The topological polar surface area (TPSA) is 108 Å². The molecule has 3 N–H and O–H groups in total. The first-order chi connectivity index (χ1) is 9.79. The van der Waals surface area contributed by atoms with Gasteiger partial charge in [-0.1, -0.05) is 0 Å². The summed E-state index contributed by atoms with van der Waals surface area (Å²) in [5.41, 5.74) is -2.09. The Bertz CT molecular complexity index is 683. The molecule has 10 heteroatoms. The minimum absolute atomic E-state index is 0.203. The molecular formula is C11H7F3N4O3. The smallest absolute Gasteiger partial charge is 0.416 e. The first kappa shape index (κ1) is 14.5. The molecule has 0 fully saturated rings. The van der Waals surface area contributed by atoms with Crippen LogP contribution in [0.1, 0.15) is 26.5 Å². The standard InChI is InChI=1S/C11H7F3N4O3/c12-11(13,14)5-1-2-7(6(3-5)10(20)21)17-9(19)8-15-4-16-18-8/h1-4H,(H,17,19)(H,20,21)(H,15,16,18). The van der Waals surface area contributed by atoms with E-state index in [0.29, 0.717) is 12.1 Å². The van der Waals surface area contributed by atoms with Crippen molar-refractivity contribution in [3.05, 3.63) is 41.5 Å². The number of hydrogen-bond acceptors (Lipinski definition) is 4. The predicted octanol–water partition coefficient (Wildman–Crippen LogP) is 1.77. The third-order valence-electron chi connectivity index (χ3n) is 2.46. The molecule has 0 saturated heterocycles. The van der Waals surface area contributed by atoms with E-state index in [-0.39, 0.29) is 11.5 Å². The van der Waals surface area contributed by atoms with Gasteiger partial charge in [0.05, 0.1) is 16.8 Å². The van der Waals surface area contributed by atoms with Gasteiger partial charge in [-0.25, -0.2) is 9.78 Å². The largest absolute Gasteiger partial charge is 0.478 e. The molecule has 0 bridgehead atoms. The highest BCUT2D eigenvalue weighted by atomic mass is 19.4. The normalized spacial score (nSPS) is 11.2. The number of rotatable bonds is 3. The molecule has 0 spiro atoms. The summed E-state index contributed by atoms with van der Waals surface area (Å²) in [6.07, 6.45) is -3.63. The van der Waals surface area contributed by atoms with Gasteiger partial charge in [0, 0.05) is 0 Å². The third-order valence-corrected chi connectivity index (χ3v) is 2.46. The van der Waals surface area contributed by atoms with Gasteiger partial charge in [0.1, 0.15) is 6.33 Å². The van der Waals surface area contributed by atoms with Crippen LogP contribution in [0.5, 0.6) is 0 Å². The van der Waals surface area contributed by atoms with Crippen molar-refractivity contribution in [2.24, 2.45) is 0 Å². The second-order valence-electron chi connectivity index (χ2n) is 3.85. The first-order valence-electron chi connectivity index (χ1n) is 5.40. The van der Waals surface area contributed by atoms with Crippen LogP contribution in [0.4, 0.5) is 18.9 Å². The van der Waals surface area contributed by atoms with Crippen LogP contribution >= 0.6 is 0 Å². The Kier molecular flexibility index (Phi) is 3.61. The zero-order valence-corrected chi connectivity index (χ0v) is 10.1. The number of carboxylic acids is 1. The first-order valence-corrected chi connectivity index (χ1v) is 5.40. The van der Waals surface area contributed by atoms with Crippen LogP contribution < -0.4 is 5.32 Å². The average molecular weight is 300 g/mol. The van der Waals surface area contributed by atoms with E-state index >= 15 is 0 Å². The molecular weight excluding hydrogens is 293 g/mol. The zero-order chi connectivity index (χ0) is 15.6. The number of alkyl halides is 3. The molecule has 0 unspecified atom stereocenters. The van der Waals surface area contributed by atoms with Crippen LogP contribution in [0.25, 0.3) is 0 Å². The Labute approximate surface area is 114 Å². The summed E-state index contributed by atoms with van der Waals surface area (Å²) in [4.78, 5) is 26.2. The van der Waals surface area contributed by atoms with Gasteiger partial charge in [-0.05, 0) is 18.2 Å². The van der Waals surface area contributed by atoms with Crippen molar-refractivity contribution in [1.82, 2.24) is 15.2 Å². The van der Waals surface area contributed by atoms with Crippen molar-refractivity contribution in [3.8, 4) is 0 Å². The van der Waals surface area contributed by atoms with Crippen molar-refractivity contribution >= 4 is 17.6 Å². The van der Waals surface area contributed by atoms with Gasteiger partial charge in [0.15, 0.2) is 0 Å². The number of carbonyl (C=O) groups excluding carboxylic acids is 1. The number of aromatic carboxylic acids is 1. The second kappa shape index (κ2) is 5.23. The van der Waals surface area contributed by atoms with E-state index in [1.807, 2.05) is 0 Å². The zero-order valence-electron chi connectivity index (χ0n) is 10.1. The summed E-state index contributed by atoms with van der Waals surface area (Å²) < 4.78 is 37.6. The van der Waals surface area contributed by atoms with Crippen LogP contribution in [-0.2, 0) is 6.18 Å². The van der Waals surface area contributed by atoms with Gasteiger partial charge in [-0.2, -0.15) is 18.3 Å². The lowest BCUT2D eigenvalue weighted by Gasteiger charge is -2.11. The van der Waals surface area contributed by atoms with Crippen LogP contribution in [0, 0.1) is 0 Å².